The van der Waals surface area contributed by atoms with Gasteiger partial charge in [0.1, 0.15) is 6.10 Å². The van der Waals surface area contributed by atoms with Gasteiger partial charge in [-0.05, 0) is 56.4 Å². The van der Waals surface area contributed by atoms with Gasteiger partial charge in [0.2, 0.25) is 5.88 Å². The minimum Gasteiger partial charge on any atom is -0.474 e. The molecule has 2 heterocycles. The molecule has 1 amide bonds. The number of amides is 1. The van der Waals surface area contributed by atoms with Gasteiger partial charge >= 0.3 is 0 Å². The highest BCUT2D eigenvalue weighted by atomic mass is 16.5. The number of nitrogens with zero attached hydrogens (tertiary/aromatic N) is 3. The molecule has 138 valence electrons. The summed E-state index contributed by atoms with van der Waals surface area (Å²) in [6, 6.07) is 9.49. The van der Waals surface area contributed by atoms with Crippen molar-refractivity contribution in [2.45, 2.75) is 44.8 Å². The van der Waals surface area contributed by atoms with Crippen LogP contribution < -0.4 is 10.1 Å². The van der Waals surface area contributed by atoms with E-state index < -0.39 is 0 Å². The van der Waals surface area contributed by atoms with Gasteiger partial charge in [0.05, 0.1) is 11.0 Å². The van der Waals surface area contributed by atoms with Crippen LogP contribution in [-0.4, -0.2) is 33.0 Å². The Kier molecular flexibility index (Phi) is 4.96. The quantitative estimate of drug-likeness (QED) is 0.769. The van der Waals surface area contributed by atoms with E-state index in [2.05, 4.69) is 20.3 Å². The number of hydrogen-bond donors (Lipinski definition) is 1. The molecule has 0 radical (unpaired) electrons. The minimum absolute atomic E-state index is 0.0628. The van der Waals surface area contributed by atoms with E-state index in [1.807, 2.05) is 31.3 Å². The lowest BCUT2D eigenvalue weighted by Gasteiger charge is -2.29. The topological polar surface area (TPSA) is 77.0 Å². The maximum absolute atomic E-state index is 12.6. The number of pyridine rings is 1. The zero-order valence-electron chi connectivity index (χ0n) is 15.3. The second-order valence-corrected chi connectivity index (χ2v) is 7.00. The molecule has 0 saturated heterocycles. The highest BCUT2D eigenvalue weighted by Gasteiger charge is 2.24. The van der Waals surface area contributed by atoms with Crippen molar-refractivity contribution >= 4 is 16.9 Å². The first-order valence-corrected chi connectivity index (χ1v) is 9.28. The summed E-state index contributed by atoms with van der Waals surface area (Å²) in [5, 5.41) is 3.13. The lowest BCUT2D eigenvalue weighted by atomic mass is 9.92. The van der Waals surface area contributed by atoms with Crippen LogP contribution >= 0.6 is 0 Å². The molecule has 0 bridgehead atoms. The molecule has 2 aromatic heterocycles. The van der Waals surface area contributed by atoms with E-state index in [1.165, 1.54) is 0 Å². The number of carbonyl (C=O) groups is 1. The van der Waals surface area contributed by atoms with Gasteiger partial charge in [-0.3, -0.25) is 14.8 Å². The molecule has 0 unspecified atom stereocenters. The Balaban J connectivity index is 1.31. The Morgan fingerprint density at radius 3 is 2.52 bits per heavy atom. The van der Waals surface area contributed by atoms with E-state index in [4.69, 9.17) is 4.74 Å². The van der Waals surface area contributed by atoms with Crippen molar-refractivity contribution in [1.29, 1.82) is 0 Å². The van der Waals surface area contributed by atoms with Crippen LogP contribution in [0.25, 0.3) is 11.0 Å². The van der Waals surface area contributed by atoms with Gasteiger partial charge < -0.3 is 10.1 Å². The molecule has 0 atom stereocenters. The number of rotatable bonds is 4. The van der Waals surface area contributed by atoms with Crippen molar-refractivity contribution in [3.63, 3.8) is 0 Å². The maximum atomic E-state index is 12.6. The van der Waals surface area contributed by atoms with E-state index in [0.29, 0.717) is 11.4 Å². The third-order valence-electron chi connectivity index (χ3n) is 4.91. The Labute approximate surface area is 158 Å². The lowest BCUT2D eigenvalue weighted by molar-refractivity contribution is 0.0890. The molecule has 1 aromatic carbocycles. The van der Waals surface area contributed by atoms with Gasteiger partial charge in [0.25, 0.3) is 5.91 Å². The molecule has 4 rings (SSSR count). The normalized spacial score (nSPS) is 19.6. The molecule has 27 heavy (non-hydrogen) atoms. The molecule has 0 spiro atoms. The van der Waals surface area contributed by atoms with Gasteiger partial charge in [0, 0.05) is 36.3 Å². The van der Waals surface area contributed by atoms with Crippen LogP contribution in [0.2, 0.25) is 0 Å². The molecule has 6 heteroatoms. The molecular formula is C21H22N4O2. The number of fused-ring (bicyclic) bond motifs is 1. The summed E-state index contributed by atoms with van der Waals surface area (Å²) < 4.78 is 5.96. The van der Waals surface area contributed by atoms with Crippen molar-refractivity contribution in [2.24, 2.45) is 0 Å². The predicted octanol–water partition coefficient (Wildman–Crippen LogP) is 3.45. The highest BCUT2D eigenvalue weighted by molar-refractivity contribution is 5.97. The fraction of sp³-hybridized carbons (Fsp3) is 0.333. The van der Waals surface area contributed by atoms with Crippen molar-refractivity contribution < 1.29 is 9.53 Å². The number of ether oxygens (including phenoxy) is 1. The van der Waals surface area contributed by atoms with Crippen molar-refractivity contribution in [2.75, 3.05) is 0 Å². The third kappa shape index (κ3) is 4.22. The van der Waals surface area contributed by atoms with Crippen LogP contribution in [0.4, 0.5) is 0 Å². The molecule has 3 aromatic rings. The summed E-state index contributed by atoms with van der Waals surface area (Å²) in [7, 11) is 0. The standard InChI is InChI=1S/C21H22N4O2/c1-14-2-9-20(24-13-14)27-17-6-4-16(5-7-17)25-21(26)15-3-8-18-19(12-15)23-11-10-22-18/h2-3,8-13,16-17H,4-7H2,1H3,(H,25,26). The highest BCUT2D eigenvalue weighted by Crippen LogP contribution is 2.23. The van der Waals surface area contributed by atoms with E-state index in [9.17, 15) is 4.79 Å². The van der Waals surface area contributed by atoms with Crippen molar-refractivity contribution in [1.82, 2.24) is 20.3 Å². The monoisotopic (exact) mass is 362 g/mol. The summed E-state index contributed by atoms with van der Waals surface area (Å²) in [5.41, 5.74) is 3.25. The second kappa shape index (κ2) is 7.70. The van der Waals surface area contributed by atoms with E-state index in [-0.39, 0.29) is 18.1 Å². The number of hydrogen-bond acceptors (Lipinski definition) is 5. The third-order valence-corrected chi connectivity index (χ3v) is 4.91. The lowest BCUT2D eigenvalue weighted by Crippen LogP contribution is -2.39. The summed E-state index contributed by atoms with van der Waals surface area (Å²) in [6.45, 7) is 2.01. The molecule has 1 saturated carbocycles. The van der Waals surface area contributed by atoms with Crippen LogP contribution in [0.5, 0.6) is 5.88 Å². The van der Waals surface area contributed by atoms with Crippen LogP contribution in [-0.2, 0) is 0 Å². The molecular weight excluding hydrogens is 340 g/mol. The molecule has 0 aliphatic heterocycles. The van der Waals surface area contributed by atoms with E-state index in [0.717, 1.165) is 42.3 Å². The molecule has 1 aliphatic carbocycles. The Bertz CT molecular complexity index is 934. The Hall–Kier alpha value is -3.02. The first kappa shape index (κ1) is 17.4. The first-order valence-electron chi connectivity index (χ1n) is 9.28. The summed E-state index contributed by atoms with van der Waals surface area (Å²) >= 11 is 0. The molecule has 6 nitrogen and oxygen atoms in total. The van der Waals surface area contributed by atoms with Crippen LogP contribution in [0.15, 0.2) is 48.9 Å². The summed E-state index contributed by atoms with van der Waals surface area (Å²) in [4.78, 5) is 25.4. The van der Waals surface area contributed by atoms with E-state index in [1.54, 1.807) is 24.5 Å². The maximum Gasteiger partial charge on any atom is 0.251 e. The number of aromatic nitrogens is 3. The first-order chi connectivity index (χ1) is 13.2. The van der Waals surface area contributed by atoms with Crippen LogP contribution in [0.1, 0.15) is 41.6 Å². The average Bonchev–Trinajstić information content (AvgIpc) is 2.71. The molecule has 1 fully saturated rings. The Morgan fingerprint density at radius 2 is 1.78 bits per heavy atom. The van der Waals surface area contributed by atoms with Gasteiger partial charge in [-0.25, -0.2) is 4.98 Å². The van der Waals surface area contributed by atoms with Crippen LogP contribution in [0.3, 0.4) is 0 Å². The number of nitrogens with one attached hydrogen (secondary N) is 1. The van der Waals surface area contributed by atoms with Crippen LogP contribution in [0, 0.1) is 6.92 Å². The van der Waals surface area contributed by atoms with Gasteiger partial charge in [-0.15, -0.1) is 0 Å². The van der Waals surface area contributed by atoms with Gasteiger partial charge in [-0.2, -0.15) is 0 Å². The average molecular weight is 362 g/mol. The number of benzene rings is 1. The fourth-order valence-electron chi connectivity index (χ4n) is 3.39. The van der Waals surface area contributed by atoms with Crippen molar-refractivity contribution in [3.8, 4) is 5.88 Å². The predicted molar refractivity (Wildman–Crippen MR) is 103 cm³/mol. The fourth-order valence-corrected chi connectivity index (χ4v) is 3.39. The zero-order valence-corrected chi connectivity index (χ0v) is 15.3. The molecule has 1 N–H and O–H groups in total. The van der Waals surface area contributed by atoms with E-state index >= 15 is 0 Å². The molecule has 1 aliphatic rings. The zero-order chi connectivity index (χ0) is 18.6. The number of carbonyl (C=O) groups excluding carboxylic acids is 1. The second-order valence-electron chi connectivity index (χ2n) is 7.00. The SMILES string of the molecule is Cc1ccc(OC2CCC(NC(=O)c3ccc4nccnc4c3)CC2)nc1. The number of aryl methyl sites for hydroxylation is 1. The van der Waals surface area contributed by atoms with Crippen molar-refractivity contribution in [3.05, 3.63) is 60.0 Å². The van der Waals surface area contributed by atoms with Gasteiger partial charge in [-0.1, -0.05) is 6.07 Å². The summed E-state index contributed by atoms with van der Waals surface area (Å²) in [6.07, 6.45) is 8.86. The minimum atomic E-state index is -0.0628. The largest absolute Gasteiger partial charge is 0.474 e. The Morgan fingerprint density at radius 1 is 1.00 bits per heavy atom. The summed E-state index contributed by atoms with van der Waals surface area (Å²) in [5.74, 6) is 0.609. The smallest absolute Gasteiger partial charge is 0.251 e. The van der Waals surface area contributed by atoms with Gasteiger partial charge in [0.15, 0.2) is 0 Å².